The van der Waals surface area contributed by atoms with Gasteiger partial charge in [-0.3, -0.25) is 4.68 Å². The lowest BCUT2D eigenvalue weighted by molar-refractivity contribution is 0.0872. The topological polar surface area (TPSA) is 53.3 Å². The largest absolute Gasteiger partial charge is 0.389 e. The van der Waals surface area contributed by atoms with Gasteiger partial charge in [-0.05, 0) is 40.2 Å². The monoisotopic (exact) mass is 296 g/mol. The van der Waals surface area contributed by atoms with Crippen molar-refractivity contribution in [3.8, 4) is 0 Å². The van der Waals surface area contributed by atoms with Crippen molar-refractivity contribution in [2.45, 2.75) is 53.7 Å². The van der Waals surface area contributed by atoms with E-state index < -0.39 is 5.60 Å². The summed E-state index contributed by atoms with van der Waals surface area (Å²) in [5.41, 5.74) is 1.55. The number of likely N-dealkylation sites (N-methyl/N-ethyl adjacent to an activating group) is 1. The number of aliphatic hydroxyl groups is 1. The van der Waals surface area contributed by atoms with Gasteiger partial charge in [0.25, 0.3) is 0 Å². The second-order valence-corrected chi connectivity index (χ2v) is 6.86. The first-order chi connectivity index (χ1) is 9.65. The van der Waals surface area contributed by atoms with Crippen molar-refractivity contribution in [2.24, 2.45) is 13.0 Å². The summed E-state index contributed by atoms with van der Waals surface area (Å²) >= 11 is 0. The van der Waals surface area contributed by atoms with E-state index in [-0.39, 0.29) is 0 Å². The molecule has 0 aliphatic heterocycles. The third-order valence-electron chi connectivity index (χ3n) is 3.43. The zero-order valence-electron chi connectivity index (χ0n) is 14.7. The van der Waals surface area contributed by atoms with Gasteiger partial charge in [0.2, 0.25) is 0 Å². The molecular weight excluding hydrogens is 264 g/mol. The Kier molecular flexibility index (Phi) is 6.23. The van der Waals surface area contributed by atoms with Crippen molar-refractivity contribution in [3.05, 3.63) is 11.3 Å². The molecule has 21 heavy (non-hydrogen) atoms. The van der Waals surface area contributed by atoms with Crippen LogP contribution in [-0.2, 0) is 13.6 Å². The predicted molar refractivity (Wildman–Crippen MR) is 88.7 cm³/mol. The molecule has 2 N–H and O–H groups in total. The molecule has 0 amide bonds. The third kappa shape index (κ3) is 5.32. The van der Waals surface area contributed by atoms with Crippen molar-refractivity contribution >= 4 is 5.82 Å². The number of rotatable bonds is 8. The summed E-state index contributed by atoms with van der Waals surface area (Å²) < 4.78 is 1.93. The van der Waals surface area contributed by atoms with Gasteiger partial charge in [0, 0.05) is 32.2 Å². The molecule has 1 aromatic rings. The molecule has 0 unspecified atom stereocenters. The molecule has 0 aliphatic carbocycles. The lowest BCUT2D eigenvalue weighted by Crippen LogP contribution is -2.40. The summed E-state index contributed by atoms with van der Waals surface area (Å²) in [7, 11) is 1.97. The standard InChI is InChI=1S/C16H32N4O/c1-8-20(11-16(5,6)21)15-14(10-17-9-12(2)3)13(4)18-19(15)7/h12,17,21H,8-11H2,1-7H3. The second kappa shape index (κ2) is 7.27. The summed E-state index contributed by atoms with van der Waals surface area (Å²) in [4.78, 5) is 2.20. The van der Waals surface area contributed by atoms with E-state index in [2.05, 4.69) is 36.1 Å². The van der Waals surface area contributed by atoms with Crippen molar-refractivity contribution < 1.29 is 5.11 Å². The first kappa shape index (κ1) is 18.0. The smallest absolute Gasteiger partial charge is 0.131 e. The van der Waals surface area contributed by atoms with Gasteiger partial charge in [-0.15, -0.1) is 0 Å². The van der Waals surface area contributed by atoms with E-state index in [0.717, 1.165) is 31.1 Å². The first-order valence-corrected chi connectivity index (χ1v) is 7.86. The highest BCUT2D eigenvalue weighted by molar-refractivity contribution is 5.50. The zero-order chi connectivity index (χ0) is 16.2. The molecule has 1 rings (SSSR count). The number of aryl methyl sites for hydroxylation is 2. The van der Waals surface area contributed by atoms with E-state index in [1.165, 1.54) is 5.56 Å². The third-order valence-corrected chi connectivity index (χ3v) is 3.43. The number of nitrogens with one attached hydrogen (secondary N) is 1. The molecule has 122 valence electrons. The van der Waals surface area contributed by atoms with Crippen molar-refractivity contribution in [3.63, 3.8) is 0 Å². The Bertz CT molecular complexity index is 446. The minimum atomic E-state index is -0.725. The van der Waals surface area contributed by atoms with Gasteiger partial charge in [0.1, 0.15) is 5.82 Å². The highest BCUT2D eigenvalue weighted by atomic mass is 16.3. The van der Waals surface area contributed by atoms with E-state index in [0.29, 0.717) is 12.5 Å². The van der Waals surface area contributed by atoms with Crippen LogP contribution in [0.4, 0.5) is 5.82 Å². The number of anilines is 1. The van der Waals surface area contributed by atoms with Gasteiger partial charge in [0.15, 0.2) is 0 Å². The Morgan fingerprint density at radius 1 is 1.38 bits per heavy atom. The fourth-order valence-corrected chi connectivity index (χ4v) is 2.58. The molecule has 0 radical (unpaired) electrons. The average molecular weight is 296 g/mol. The van der Waals surface area contributed by atoms with Crippen LogP contribution in [0.25, 0.3) is 0 Å². The molecule has 0 saturated carbocycles. The molecule has 0 aromatic carbocycles. The summed E-state index contributed by atoms with van der Waals surface area (Å²) in [6.07, 6.45) is 0. The molecular formula is C16H32N4O. The molecule has 0 fully saturated rings. The number of hydrogen-bond donors (Lipinski definition) is 2. The number of aromatic nitrogens is 2. The average Bonchev–Trinajstić information content (AvgIpc) is 2.60. The second-order valence-electron chi connectivity index (χ2n) is 6.86. The van der Waals surface area contributed by atoms with Crippen molar-refractivity contribution in [2.75, 3.05) is 24.5 Å². The van der Waals surface area contributed by atoms with Gasteiger partial charge in [-0.25, -0.2) is 0 Å². The molecule has 0 bridgehead atoms. The zero-order valence-corrected chi connectivity index (χ0v) is 14.7. The van der Waals surface area contributed by atoms with E-state index in [1.54, 1.807) is 0 Å². The summed E-state index contributed by atoms with van der Waals surface area (Å²) in [5, 5.41) is 18.2. The molecule has 1 aromatic heterocycles. The van der Waals surface area contributed by atoms with Gasteiger partial charge >= 0.3 is 0 Å². The molecule has 5 heteroatoms. The van der Waals surface area contributed by atoms with Crippen molar-refractivity contribution in [1.29, 1.82) is 0 Å². The fourth-order valence-electron chi connectivity index (χ4n) is 2.58. The number of nitrogens with zero attached hydrogens (tertiary/aromatic N) is 3. The molecule has 0 spiro atoms. The van der Waals surface area contributed by atoms with Crippen LogP contribution in [0.15, 0.2) is 0 Å². The van der Waals surface area contributed by atoms with Gasteiger partial charge in [0.05, 0.1) is 11.3 Å². The number of hydrogen-bond acceptors (Lipinski definition) is 4. The Hall–Kier alpha value is -1.07. The van der Waals surface area contributed by atoms with E-state index in [4.69, 9.17) is 0 Å². The van der Waals surface area contributed by atoms with Crippen LogP contribution in [0.5, 0.6) is 0 Å². The van der Waals surface area contributed by atoms with Crippen LogP contribution in [-0.4, -0.2) is 40.1 Å². The van der Waals surface area contributed by atoms with Crippen molar-refractivity contribution in [1.82, 2.24) is 15.1 Å². The maximum Gasteiger partial charge on any atom is 0.131 e. The van der Waals surface area contributed by atoms with E-state index in [1.807, 2.05) is 32.5 Å². The van der Waals surface area contributed by atoms with Crippen LogP contribution < -0.4 is 10.2 Å². The highest BCUT2D eigenvalue weighted by Crippen LogP contribution is 2.24. The first-order valence-electron chi connectivity index (χ1n) is 7.86. The fraction of sp³-hybridized carbons (Fsp3) is 0.812. The van der Waals surface area contributed by atoms with E-state index >= 15 is 0 Å². The molecule has 0 atom stereocenters. The molecule has 0 saturated heterocycles. The van der Waals surface area contributed by atoms with Crippen LogP contribution in [0, 0.1) is 12.8 Å². The van der Waals surface area contributed by atoms with Crippen LogP contribution in [0.1, 0.15) is 45.9 Å². The summed E-state index contributed by atoms with van der Waals surface area (Å²) in [5.74, 6) is 1.73. The minimum Gasteiger partial charge on any atom is -0.389 e. The highest BCUT2D eigenvalue weighted by Gasteiger charge is 2.23. The van der Waals surface area contributed by atoms with Gasteiger partial charge in [-0.1, -0.05) is 13.8 Å². The Morgan fingerprint density at radius 3 is 2.48 bits per heavy atom. The lowest BCUT2D eigenvalue weighted by Gasteiger charge is -2.30. The summed E-state index contributed by atoms with van der Waals surface area (Å²) in [6.45, 7) is 15.5. The van der Waals surface area contributed by atoms with E-state index in [9.17, 15) is 5.11 Å². The molecule has 0 aliphatic rings. The van der Waals surface area contributed by atoms with Gasteiger partial charge < -0.3 is 15.3 Å². The van der Waals surface area contributed by atoms with Crippen LogP contribution in [0.3, 0.4) is 0 Å². The lowest BCUT2D eigenvalue weighted by atomic mass is 10.1. The normalized spacial score (nSPS) is 12.2. The van der Waals surface area contributed by atoms with Crippen LogP contribution >= 0.6 is 0 Å². The quantitative estimate of drug-likeness (QED) is 0.771. The Labute approximate surface area is 129 Å². The Morgan fingerprint density at radius 2 is 2.00 bits per heavy atom. The van der Waals surface area contributed by atoms with Gasteiger partial charge in [-0.2, -0.15) is 5.10 Å². The SMILES string of the molecule is CCN(CC(C)(C)O)c1c(CNCC(C)C)c(C)nn1C. The molecule has 1 heterocycles. The maximum atomic E-state index is 10.1. The maximum absolute atomic E-state index is 10.1. The molecule has 5 nitrogen and oxygen atoms in total. The Balaban J connectivity index is 2.98. The summed E-state index contributed by atoms with van der Waals surface area (Å²) in [6, 6.07) is 0. The minimum absolute atomic E-state index is 0.597. The predicted octanol–water partition coefficient (Wildman–Crippen LogP) is 2.07. The van der Waals surface area contributed by atoms with Crippen LogP contribution in [0.2, 0.25) is 0 Å².